The van der Waals surface area contributed by atoms with Crippen molar-refractivity contribution in [2.75, 3.05) is 13.7 Å². The lowest BCUT2D eigenvalue weighted by Gasteiger charge is -2.21. The maximum Gasteiger partial charge on any atom is 0.261 e. The molecule has 2 rings (SSSR count). The van der Waals surface area contributed by atoms with E-state index in [4.69, 9.17) is 4.74 Å². The molecule has 5 heteroatoms. The summed E-state index contributed by atoms with van der Waals surface area (Å²) in [5.74, 6) is 0.897. The van der Waals surface area contributed by atoms with Gasteiger partial charge < -0.3 is 10.1 Å². The fourth-order valence-electron chi connectivity index (χ4n) is 2.65. The first-order valence-electron chi connectivity index (χ1n) is 6.66. The molecule has 1 amide bonds. The van der Waals surface area contributed by atoms with Crippen molar-refractivity contribution < 1.29 is 9.53 Å². The molecular weight excluding hydrogens is 248 g/mol. The Kier molecular flexibility index (Phi) is 4.67. The minimum Gasteiger partial charge on any atom is -0.384 e. The van der Waals surface area contributed by atoms with Crippen LogP contribution >= 0.6 is 11.8 Å². The highest BCUT2D eigenvalue weighted by molar-refractivity contribution is 8.15. The topological polar surface area (TPSA) is 50.7 Å². The second-order valence-electron chi connectivity index (χ2n) is 5.43. The van der Waals surface area contributed by atoms with E-state index < -0.39 is 0 Å². The van der Waals surface area contributed by atoms with Crippen molar-refractivity contribution in [3.8, 4) is 0 Å². The summed E-state index contributed by atoms with van der Waals surface area (Å²) in [6.07, 6.45) is 3.57. The van der Waals surface area contributed by atoms with Gasteiger partial charge in [0.1, 0.15) is 0 Å². The number of carbonyl (C=O) groups excluding carboxylic acids is 1. The van der Waals surface area contributed by atoms with Gasteiger partial charge in [-0.05, 0) is 18.8 Å². The van der Waals surface area contributed by atoms with Crippen LogP contribution in [0.1, 0.15) is 33.1 Å². The number of aliphatic imine (C=N–C) groups is 1. The van der Waals surface area contributed by atoms with Crippen LogP contribution in [0.25, 0.3) is 0 Å². The molecule has 102 valence electrons. The fraction of sp³-hybridized carbons (Fsp3) is 0.846. The Bertz CT molecular complexity index is 344. The summed E-state index contributed by atoms with van der Waals surface area (Å²) in [6, 6.07) is 0.412. The molecule has 2 unspecified atom stereocenters. The number of carbonyl (C=O) groups is 1. The van der Waals surface area contributed by atoms with Crippen LogP contribution in [0, 0.1) is 11.8 Å². The Hall–Kier alpha value is -0.550. The van der Waals surface area contributed by atoms with Crippen molar-refractivity contribution in [3.05, 3.63) is 0 Å². The molecule has 0 aromatic heterocycles. The zero-order chi connectivity index (χ0) is 13.1. The lowest BCUT2D eigenvalue weighted by Crippen LogP contribution is -2.37. The van der Waals surface area contributed by atoms with Gasteiger partial charge in [0.2, 0.25) is 0 Å². The third-order valence-corrected chi connectivity index (χ3v) is 5.08. The van der Waals surface area contributed by atoms with Crippen molar-refractivity contribution >= 4 is 22.8 Å². The van der Waals surface area contributed by atoms with Gasteiger partial charge in [0.25, 0.3) is 5.91 Å². The molecule has 1 fully saturated rings. The molecule has 3 atom stereocenters. The van der Waals surface area contributed by atoms with Crippen LogP contribution in [-0.4, -0.2) is 36.1 Å². The van der Waals surface area contributed by atoms with E-state index in [2.05, 4.69) is 24.2 Å². The summed E-state index contributed by atoms with van der Waals surface area (Å²) in [5, 5.41) is 4.25. The van der Waals surface area contributed by atoms with Gasteiger partial charge in [0.15, 0.2) is 5.17 Å². The van der Waals surface area contributed by atoms with Gasteiger partial charge in [-0.15, -0.1) is 0 Å². The highest BCUT2D eigenvalue weighted by atomic mass is 32.2. The van der Waals surface area contributed by atoms with Crippen LogP contribution in [0.2, 0.25) is 0 Å². The smallest absolute Gasteiger partial charge is 0.261 e. The van der Waals surface area contributed by atoms with Gasteiger partial charge in [0.05, 0.1) is 11.9 Å². The van der Waals surface area contributed by atoms with E-state index in [1.165, 1.54) is 12.8 Å². The molecule has 1 saturated carbocycles. The molecule has 2 aliphatic rings. The molecular formula is C13H22N2O2S. The monoisotopic (exact) mass is 270 g/mol. The average Bonchev–Trinajstić information content (AvgIpc) is 2.87. The Labute approximate surface area is 113 Å². The number of nitrogens with one attached hydrogen (secondary N) is 1. The molecule has 0 radical (unpaired) electrons. The molecule has 1 heterocycles. The number of amidine groups is 1. The van der Waals surface area contributed by atoms with E-state index >= 15 is 0 Å². The van der Waals surface area contributed by atoms with Gasteiger partial charge in [0, 0.05) is 19.1 Å². The number of thioether (sulfide) groups is 1. The van der Waals surface area contributed by atoms with Crippen LogP contribution in [0.4, 0.5) is 0 Å². The lowest BCUT2D eigenvalue weighted by molar-refractivity contribution is -0.117. The molecule has 4 nitrogen and oxygen atoms in total. The molecule has 0 aromatic rings. The molecule has 1 aliphatic heterocycles. The highest BCUT2D eigenvalue weighted by Crippen LogP contribution is 2.30. The van der Waals surface area contributed by atoms with Crippen LogP contribution in [-0.2, 0) is 9.53 Å². The van der Waals surface area contributed by atoms with E-state index in [0.717, 1.165) is 18.2 Å². The number of hydrogen-bond donors (Lipinski definition) is 1. The largest absolute Gasteiger partial charge is 0.384 e. The summed E-state index contributed by atoms with van der Waals surface area (Å²) in [5.41, 5.74) is 0. The summed E-state index contributed by atoms with van der Waals surface area (Å²) < 4.78 is 5.25. The van der Waals surface area contributed by atoms with E-state index in [1.807, 2.05) is 0 Å². The average molecular weight is 270 g/mol. The predicted octanol–water partition coefficient (Wildman–Crippen LogP) is 2.05. The number of rotatable bonds is 4. The predicted molar refractivity (Wildman–Crippen MR) is 74.8 cm³/mol. The van der Waals surface area contributed by atoms with E-state index in [1.54, 1.807) is 18.9 Å². The van der Waals surface area contributed by atoms with Crippen molar-refractivity contribution in [2.24, 2.45) is 16.8 Å². The first-order chi connectivity index (χ1) is 8.61. The van der Waals surface area contributed by atoms with E-state index in [9.17, 15) is 4.79 Å². The van der Waals surface area contributed by atoms with Crippen molar-refractivity contribution in [1.82, 2.24) is 5.32 Å². The molecule has 0 spiro atoms. The zero-order valence-corrected chi connectivity index (χ0v) is 12.1. The van der Waals surface area contributed by atoms with Crippen molar-refractivity contribution in [1.29, 1.82) is 0 Å². The molecule has 0 saturated heterocycles. The number of nitrogens with zero attached hydrogens (tertiary/aromatic N) is 1. The molecule has 1 aliphatic carbocycles. The quantitative estimate of drug-likeness (QED) is 0.849. The van der Waals surface area contributed by atoms with Crippen LogP contribution in [0.3, 0.4) is 0 Å². The Balaban J connectivity index is 1.91. The third kappa shape index (κ3) is 3.06. The zero-order valence-electron chi connectivity index (χ0n) is 11.3. The second-order valence-corrected chi connectivity index (χ2v) is 6.57. The SMILES string of the molecule is COC[C@@H]1CCCC1NC1=NC(=O)C(C(C)C)S1. The fourth-order valence-corrected chi connectivity index (χ4v) is 3.68. The Morgan fingerprint density at radius 3 is 2.89 bits per heavy atom. The molecule has 0 bridgehead atoms. The minimum atomic E-state index is -0.00483. The summed E-state index contributed by atoms with van der Waals surface area (Å²) >= 11 is 1.58. The number of amides is 1. The second kappa shape index (κ2) is 6.06. The molecule has 0 aromatic carbocycles. The normalized spacial score (nSPS) is 32.1. The number of methoxy groups -OCH3 is 1. The maximum atomic E-state index is 11.7. The van der Waals surface area contributed by atoms with E-state index in [0.29, 0.717) is 17.9 Å². The number of ether oxygens (including phenoxy) is 1. The maximum absolute atomic E-state index is 11.7. The molecule has 18 heavy (non-hydrogen) atoms. The van der Waals surface area contributed by atoms with E-state index in [-0.39, 0.29) is 11.2 Å². The lowest BCUT2D eigenvalue weighted by atomic mass is 10.1. The first kappa shape index (κ1) is 13.9. The van der Waals surface area contributed by atoms with Crippen molar-refractivity contribution in [2.45, 2.75) is 44.4 Å². The first-order valence-corrected chi connectivity index (χ1v) is 7.54. The van der Waals surface area contributed by atoms with Crippen LogP contribution < -0.4 is 5.32 Å². The van der Waals surface area contributed by atoms with Crippen LogP contribution in [0.15, 0.2) is 4.99 Å². The Morgan fingerprint density at radius 1 is 1.50 bits per heavy atom. The summed E-state index contributed by atoms with van der Waals surface area (Å²) in [7, 11) is 1.75. The van der Waals surface area contributed by atoms with Gasteiger partial charge in [-0.25, -0.2) is 0 Å². The third-order valence-electron chi connectivity index (χ3n) is 3.65. The Morgan fingerprint density at radius 2 is 2.28 bits per heavy atom. The standard InChI is InChI=1S/C13H22N2O2S/c1-8(2)11-12(16)15-13(18-11)14-10-6-4-5-9(10)7-17-3/h8-11H,4-7H2,1-3H3,(H,14,15,16)/t9-,10?,11?/m0/s1. The highest BCUT2D eigenvalue weighted by Gasteiger charge is 2.34. The minimum absolute atomic E-state index is 0.00483. The number of hydrogen-bond acceptors (Lipinski definition) is 4. The molecule has 1 N–H and O–H groups in total. The van der Waals surface area contributed by atoms with Gasteiger partial charge >= 0.3 is 0 Å². The van der Waals surface area contributed by atoms with Gasteiger partial charge in [-0.2, -0.15) is 4.99 Å². The van der Waals surface area contributed by atoms with Crippen molar-refractivity contribution in [3.63, 3.8) is 0 Å². The summed E-state index contributed by atoms with van der Waals surface area (Å²) in [6.45, 7) is 4.92. The van der Waals surface area contributed by atoms with Gasteiger partial charge in [-0.3, -0.25) is 4.79 Å². The summed E-state index contributed by atoms with van der Waals surface area (Å²) in [4.78, 5) is 15.9. The van der Waals surface area contributed by atoms with Gasteiger partial charge in [-0.1, -0.05) is 32.0 Å². The van der Waals surface area contributed by atoms with Crippen LogP contribution in [0.5, 0.6) is 0 Å².